The summed E-state index contributed by atoms with van der Waals surface area (Å²) < 4.78 is 21.0. The van der Waals surface area contributed by atoms with E-state index >= 15 is 0 Å². The van der Waals surface area contributed by atoms with E-state index in [9.17, 15) is 14.4 Å². The second kappa shape index (κ2) is 8.79. The molecule has 3 aromatic rings. The molecule has 150 valence electrons. The molecule has 0 bridgehead atoms. The number of ether oxygens (including phenoxy) is 3. The molecule has 3 rings (SSSR count). The Labute approximate surface area is 170 Å². The van der Waals surface area contributed by atoms with Crippen LogP contribution in [-0.2, 0) is 9.53 Å². The maximum atomic E-state index is 12.6. The zero-order chi connectivity index (χ0) is 21.0. The third-order valence-electron chi connectivity index (χ3n) is 3.85. The number of hydrogen-bond acceptors (Lipinski definition) is 7. The predicted molar refractivity (Wildman–Crippen MR) is 106 cm³/mol. The first kappa shape index (κ1) is 20.4. The molecular formula is C21H17ClO7. The molecule has 0 spiro atoms. The number of carbonyl (C=O) groups excluding carboxylic acids is 2. The Hall–Kier alpha value is -3.32. The number of hydrogen-bond donors (Lipinski definition) is 0. The lowest BCUT2D eigenvalue weighted by Gasteiger charge is -2.08. The lowest BCUT2D eigenvalue weighted by molar-refractivity contribution is -0.133. The standard InChI is InChI=1S/C21H17ClO7/c1-3-26-21(25)13-4-6-14(7-5-13)28-18-11-27-17-10-15(29-20(24)12(2)22)8-9-16(17)19(18)23/h4-12H,3H2,1-2H3. The van der Waals surface area contributed by atoms with Crippen molar-refractivity contribution in [3.05, 3.63) is 64.5 Å². The van der Waals surface area contributed by atoms with Crippen LogP contribution in [0.2, 0.25) is 0 Å². The zero-order valence-electron chi connectivity index (χ0n) is 15.6. The highest BCUT2D eigenvalue weighted by molar-refractivity contribution is 6.29. The molecule has 29 heavy (non-hydrogen) atoms. The minimum Gasteiger partial charge on any atom is -0.462 e. The Balaban J connectivity index is 1.82. The van der Waals surface area contributed by atoms with Crippen LogP contribution in [0, 0.1) is 0 Å². The minimum atomic E-state index is -0.802. The van der Waals surface area contributed by atoms with Crippen LogP contribution in [0.3, 0.4) is 0 Å². The van der Waals surface area contributed by atoms with Gasteiger partial charge >= 0.3 is 11.9 Å². The Morgan fingerprint density at radius 1 is 1.10 bits per heavy atom. The van der Waals surface area contributed by atoms with Crippen molar-refractivity contribution in [2.75, 3.05) is 6.61 Å². The summed E-state index contributed by atoms with van der Waals surface area (Å²) in [6.45, 7) is 3.49. The fourth-order valence-electron chi connectivity index (χ4n) is 2.42. The van der Waals surface area contributed by atoms with E-state index in [0.29, 0.717) is 11.3 Å². The van der Waals surface area contributed by atoms with Crippen LogP contribution in [0.25, 0.3) is 11.0 Å². The molecule has 0 radical (unpaired) electrons. The maximum Gasteiger partial charge on any atom is 0.338 e. The van der Waals surface area contributed by atoms with Gasteiger partial charge in [0, 0.05) is 6.07 Å². The fraction of sp³-hybridized carbons (Fsp3) is 0.190. The number of esters is 2. The van der Waals surface area contributed by atoms with Crippen molar-refractivity contribution in [3.8, 4) is 17.2 Å². The molecule has 0 amide bonds. The van der Waals surface area contributed by atoms with Gasteiger partial charge in [0.05, 0.1) is 17.6 Å². The molecule has 1 heterocycles. The average molecular weight is 417 g/mol. The van der Waals surface area contributed by atoms with Crippen molar-refractivity contribution < 1.29 is 28.2 Å². The smallest absolute Gasteiger partial charge is 0.338 e. The second-order valence-corrected chi connectivity index (χ2v) is 6.63. The first-order valence-corrected chi connectivity index (χ1v) is 9.19. The maximum absolute atomic E-state index is 12.6. The normalized spacial score (nSPS) is 11.7. The third-order valence-corrected chi connectivity index (χ3v) is 4.03. The van der Waals surface area contributed by atoms with Gasteiger partial charge in [-0.25, -0.2) is 4.79 Å². The number of rotatable bonds is 6. The summed E-state index contributed by atoms with van der Waals surface area (Å²) in [4.78, 5) is 35.9. The van der Waals surface area contributed by atoms with E-state index in [1.165, 1.54) is 43.5 Å². The molecule has 0 aliphatic rings. The third kappa shape index (κ3) is 4.75. The van der Waals surface area contributed by atoms with Crippen molar-refractivity contribution in [3.63, 3.8) is 0 Å². The van der Waals surface area contributed by atoms with Gasteiger partial charge in [0.1, 0.15) is 28.7 Å². The summed E-state index contributed by atoms with van der Waals surface area (Å²) in [7, 11) is 0. The summed E-state index contributed by atoms with van der Waals surface area (Å²) in [5, 5.41) is -0.548. The van der Waals surface area contributed by atoms with Crippen molar-refractivity contribution in [1.29, 1.82) is 0 Å². The molecule has 8 heteroatoms. The first-order chi connectivity index (χ1) is 13.9. The fourth-order valence-corrected chi connectivity index (χ4v) is 2.47. The zero-order valence-corrected chi connectivity index (χ0v) is 16.4. The van der Waals surface area contributed by atoms with E-state index in [0.717, 1.165) is 0 Å². The second-order valence-electron chi connectivity index (χ2n) is 5.97. The van der Waals surface area contributed by atoms with Crippen LogP contribution in [0.5, 0.6) is 17.2 Å². The van der Waals surface area contributed by atoms with E-state index < -0.39 is 22.7 Å². The van der Waals surface area contributed by atoms with Gasteiger partial charge in [0.2, 0.25) is 11.2 Å². The van der Waals surface area contributed by atoms with Gasteiger partial charge in [-0.15, -0.1) is 11.6 Å². The van der Waals surface area contributed by atoms with E-state index in [1.807, 2.05) is 0 Å². The monoisotopic (exact) mass is 416 g/mol. The molecule has 1 atom stereocenters. The summed E-state index contributed by atoms with van der Waals surface area (Å²) in [5.41, 5.74) is 0.204. The van der Waals surface area contributed by atoms with Gasteiger partial charge in [0.25, 0.3) is 0 Å². The number of alkyl halides is 1. The number of fused-ring (bicyclic) bond motifs is 1. The average Bonchev–Trinajstić information content (AvgIpc) is 2.70. The Morgan fingerprint density at radius 3 is 2.45 bits per heavy atom. The minimum absolute atomic E-state index is 0.0273. The van der Waals surface area contributed by atoms with Gasteiger partial charge in [0.15, 0.2) is 0 Å². The van der Waals surface area contributed by atoms with Gasteiger partial charge in [-0.1, -0.05) is 0 Å². The molecule has 0 fully saturated rings. The highest BCUT2D eigenvalue weighted by Gasteiger charge is 2.15. The Morgan fingerprint density at radius 2 is 1.79 bits per heavy atom. The molecule has 0 saturated carbocycles. The van der Waals surface area contributed by atoms with Gasteiger partial charge in [-0.2, -0.15) is 0 Å². The predicted octanol–water partition coefficient (Wildman–Crippen LogP) is 4.29. The molecule has 0 aliphatic carbocycles. The van der Waals surface area contributed by atoms with Crippen LogP contribution in [-0.4, -0.2) is 23.9 Å². The van der Waals surface area contributed by atoms with Crippen LogP contribution < -0.4 is 14.9 Å². The van der Waals surface area contributed by atoms with E-state index in [1.54, 1.807) is 19.1 Å². The molecule has 1 aromatic heterocycles. The number of halogens is 1. The molecular weight excluding hydrogens is 400 g/mol. The molecule has 0 aliphatic heterocycles. The van der Waals surface area contributed by atoms with Crippen molar-refractivity contribution >= 4 is 34.5 Å². The van der Waals surface area contributed by atoms with Crippen molar-refractivity contribution in [1.82, 2.24) is 0 Å². The SMILES string of the molecule is CCOC(=O)c1ccc(Oc2coc3cc(OC(=O)C(C)Cl)ccc3c2=O)cc1. The Kier molecular flexibility index (Phi) is 6.19. The first-order valence-electron chi connectivity index (χ1n) is 8.75. The van der Waals surface area contributed by atoms with E-state index in [4.69, 9.17) is 30.2 Å². The largest absolute Gasteiger partial charge is 0.462 e. The Bertz CT molecular complexity index is 1100. The van der Waals surface area contributed by atoms with Crippen LogP contribution in [0.1, 0.15) is 24.2 Å². The quantitative estimate of drug-likeness (QED) is 0.336. The van der Waals surface area contributed by atoms with Crippen molar-refractivity contribution in [2.24, 2.45) is 0 Å². The lowest BCUT2D eigenvalue weighted by atomic mass is 10.2. The molecule has 0 saturated heterocycles. The van der Waals surface area contributed by atoms with E-state index in [2.05, 4.69) is 0 Å². The molecule has 0 N–H and O–H groups in total. The van der Waals surface area contributed by atoms with E-state index in [-0.39, 0.29) is 29.1 Å². The van der Waals surface area contributed by atoms with Gasteiger partial charge < -0.3 is 18.6 Å². The molecule has 2 aromatic carbocycles. The molecule has 1 unspecified atom stereocenters. The van der Waals surface area contributed by atoms with Crippen LogP contribution >= 0.6 is 11.6 Å². The molecule has 7 nitrogen and oxygen atoms in total. The van der Waals surface area contributed by atoms with Crippen LogP contribution in [0.4, 0.5) is 0 Å². The van der Waals surface area contributed by atoms with Gasteiger partial charge in [-0.3, -0.25) is 9.59 Å². The summed E-state index contributed by atoms with van der Waals surface area (Å²) in [6, 6.07) is 10.5. The van der Waals surface area contributed by atoms with Crippen molar-refractivity contribution in [2.45, 2.75) is 19.2 Å². The summed E-state index contributed by atoms with van der Waals surface area (Å²) >= 11 is 5.67. The summed E-state index contributed by atoms with van der Waals surface area (Å²) in [5.74, 6) is -0.517. The highest BCUT2D eigenvalue weighted by atomic mass is 35.5. The number of carbonyl (C=O) groups is 2. The summed E-state index contributed by atoms with van der Waals surface area (Å²) in [6.07, 6.45) is 1.17. The lowest BCUT2D eigenvalue weighted by Crippen LogP contribution is -2.17. The van der Waals surface area contributed by atoms with Crippen LogP contribution in [0.15, 0.2) is 57.9 Å². The highest BCUT2D eigenvalue weighted by Crippen LogP contribution is 2.24. The van der Waals surface area contributed by atoms with Gasteiger partial charge in [-0.05, 0) is 50.2 Å². The number of benzene rings is 2. The topological polar surface area (TPSA) is 92.0 Å².